The third kappa shape index (κ3) is 2.82. The minimum Gasteiger partial charge on any atom is -0.377 e. The third-order valence-electron chi connectivity index (χ3n) is 3.32. The van der Waals surface area contributed by atoms with Crippen LogP contribution in [0.2, 0.25) is 0 Å². The van der Waals surface area contributed by atoms with Gasteiger partial charge in [0.15, 0.2) is 0 Å². The fourth-order valence-electron chi connectivity index (χ4n) is 2.33. The van der Waals surface area contributed by atoms with Crippen molar-refractivity contribution in [3.8, 4) is 0 Å². The lowest BCUT2D eigenvalue weighted by molar-refractivity contribution is 0.0988. The van der Waals surface area contributed by atoms with Gasteiger partial charge in [-0.1, -0.05) is 13.0 Å². The van der Waals surface area contributed by atoms with Gasteiger partial charge in [-0.15, -0.1) is 0 Å². The van der Waals surface area contributed by atoms with Crippen LogP contribution >= 0.6 is 0 Å². The van der Waals surface area contributed by atoms with Gasteiger partial charge in [-0.25, -0.2) is 4.39 Å². The van der Waals surface area contributed by atoms with Gasteiger partial charge in [-0.05, 0) is 25.6 Å². The smallest absolute Gasteiger partial charge is 0.129 e. The van der Waals surface area contributed by atoms with Crippen molar-refractivity contribution in [2.24, 2.45) is 0 Å². The largest absolute Gasteiger partial charge is 0.377 e. The highest BCUT2D eigenvalue weighted by Gasteiger charge is 2.22. The molecule has 1 aromatic carbocycles. The second-order valence-corrected chi connectivity index (χ2v) is 4.64. The molecule has 0 amide bonds. The topological polar surface area (TPSA) is 24.5 Å². The first-order valence-electron chi connectivity index (χ1n) is 6.56. The zero-order chi connectivity index (χ0) is 13.0. The summed E-state index contributed by atoms with van der Waals surface area (Å²) >= 11 is 0. The van der Waals surface area contributed by atoms with Crippen LogP contribution in [0.15, 0.2) is 18.2 Å². The first kappa shape index (κ1) is 13.3. The summed E-state index contributed by atoms with van der Waals surface area (Å²) in [6.07, 6.45) is 0. The molecule has 0 spiro atoms. The van der Waals surface area contributed by atoms with Gasteiger partial charge >= 0.3 is 0 Å². The zero-order valence-corrected chi connectivity index (χ0v) is 11.1. The van der Waals surface area contributed by atoms with E-state index in [9.17, 15) is 4.39 Å². The first-order chi connectivity index (χ1) is 8.74. The number of ether oxygens (including phenoxy) is 1. The second kappa shape index (κ2) is 6.16. The Kier molecular flexibility index (Phi) is 4.55. The molecule has 1 aromatic rings. The summed E-state index contributed by atoms with van der Waals surface area (Å²) < 4.78 is 19.4. The Hall–Kier alpha value is -1.13. The highest BCUT2D eigenvalue weighted by Crippen LogP contribution is 2.26. The molecule has 3 nitrogen and oxygen atoms in total. The highest BCUT2D eigenvalue weighted by molar-refractivity contribution is 5.55. The maximum absolute atomic E-state index is 14.0. The molecule has 2 rings (SSSR count). The van der Waals surface area contributed by atoms with Gasteiger partial charge in [0, 0.05) is 30.4 Å². The summed E-state index contributed by atoms with van der Waals surface area (Å²) in [6, 6.07) is 5.60. The number of rotatable bonds is 4. The van der Waals surface area contributed by atoms with Gasteiger partial charge in [-0.2, -0.15) is 0 Å². The molecule has 1 heterocycles. The predicted molar refractivity (Wildman–Crippen MR) is 71.4 cm³/mol. The fourth-order valence-corrected chi connectivity index (χ4v) is 2.33. The standard InChI is InChI=1S/C14H21FN2O/c1-3-16-9-12-13(15)5-4-6-14(12)17-7-8-18-10-11(17)2/h4-6,11,16H,3,7-10H2,1-2H3. The summed E-state index contributed by atoms with van der Waals surface area (Å²) in [4.78, 5) is 2.24. The Morgan fingerprint density at radius 2 is 2.33 bits per heavy atom. The number of morpholine rings is 1. The maximum Gasteiger partial charge on any atom is 0.129 e. The van der Waals surface area contributed by atoms with Crippen molar-refractivity contribution in [2.45, 2.75) is 26.4 Å². The molecule has 1 fully saturated rings. The molecular weight excluding hydrogens is 231 g/mol. The molecule has 0 aliphatic carbocycles. The molecule has 0 bridgehead atoms. The van der Waals surface area contributed by atoms with E-state index in [0.717, 1.165) is 24.3 Å². The molecule has 4 heteroatoms. The van der Waals surface area contributed by atoms with E-state index in [1.807, 2.05) is 13.0 Å². The van der Waals surface area contributed by atoms with Crippen molar-refractivity contribution in [2.75, 3.05) is 31.2 Å². The van der Waals surface area contributed by atoms with E-state index in [-0.39, 0.29) is 5.82 Å². The SMILES string of the molecule is CCNCc1c(F)cccc1N1CCOCC1C. The third-order valence-corrected chi connectivity index (χ3v) is 3.32. The van der Waals surface area contributed by atoms with E-state index in [4.69, 9.17) is 4.74 Å². The molecule has 1 aliphatic rings. The van der Waals surface area contributed by atoms with Gasteiger partial charge < -0.3 is 15.0 Å². The molecule has 1 aliphatic heterocycles. The summed E-state index contributed by atoms with van der Waals surface area (Å²) in [7, 11) is 0. The molecule has 1 unspecified atom stereocenters. The first-order valence-corrected chi connectivity index (χ1v) is 6.56. The quantitative estimate of drug-likeness (QED) is 0.888. The normalized spacial score (nSPS) is 20.2. The molecule has 1 N–H and O–H groups in total. The number of nitrogens with zero attached hydrogens (tertiary/aromatic N) is 1. The van der Waals surface area contributed by atoms with Crippen LogP contribution < -0.4 is 10.2 Å². The van der Waals surface area contributed by atoms with Crippen molar-refractivity contribution < 1.29 is 9.13 Å². The molecule has 1 atom stereocenters. The van der Waals surface area contributed by atoms with Crippen LogP contribution in [0.3, 0.4) is 0 Å². The Bertz CT molecular complexity index is 397. The molecule has 0 saturated carbocycles. The predicted octanol–water partition coefficient (Wildman–Crippen LogP) is 2.16. The van der Waals surface area contributed by atoms with E-state index < -0.39 is 0 Å². The van der Waals surface area contributed by atoms with Crippen LogP contribution in [-0.2, 0) is 11.3 Å². The molecule has 0 radical (unpaired) electrons. The Balaban J connectivity index is 2.27. The Morgan fingerprint density at radius 3 is 3.06 bits per heavy atom. The van der Waals surface area contributed by atoms with Crippen LogP contribution in [0.4, 0.5) is 10.1 Å². The van der Waals surface area contributed by atoms with Crippen LogP contribution in [0.5, 0.6) is 0 Å². The van der Waals surface area contributed by atoms with Gasteiger partial charge in [0.25, 0.3) is 0 Å². The van der Waals surface area contributed by atoms with E-state index in [1.165, 1.54) is 6.07 Å². The summed E-state index contributed by atoms with van der Waals surface area (Å²) in [5.41, 5.74) is 1.75. The highest BCUT2D eigenvalue weighted by atomic mass is 19.1. The van der Waals surface area contributed by atoms with E-state index in [0.29, 0.717) is 25.8 Å². The number of hydrogen-bond donors (Lipinski definition) is 1. The van der Waals surface area contributed by atoms with Gasteiger partial charge in [0.2, 0.25) is 0 Å². The van der Waals surface area contributed by atoms with Crippen molar-refractivity contribution >= 4 is 5.69 Å². The number of hydrogen-bond acceptors (Lipinski definition) is 3. The monoisotopic (exact) mass is 252 g/mol. The summed E-state index contributed by atoms with van der Waals surface area (Å²) in [5, 5.41) is 3.20. The van der Waals surface area contributed by atoms with Crippen molar-refractivity contribution in [3.63, 3.8) is 0 Å². The molecular formula is C14H21FN2O. The lowest BCUT2D eigenvalue weighted by Gasteiger charge is -2.36. The maximum atomic E-state index is 14.0. The number of benzene rings is 1. The summed E-state index contributed by atoms with van der Waals surface area (Å²) in [5.74, 6) is -0.132. The number of nitrogens with one attached hydrogen (secondary N) is 1. The van der Waals surface area contributed by atoms with Crippen molar-refractivity contribution in [1.82, 2.24) is 5.32 Å². The zero-order valence-electron chi connectivity index (χ0n) is 11.1. The molecule has 1 saturated heterocycles. The van der Waals surface area contributed by atoms with Gasteiger partial charge in [-0.3, -0.25) is 0 Å². The van der Waals surface area contributed by atoms with Gasteiger partial charge in [0.1, 0.15) is 5.82 Å². The van der Waals surface area contributed by atoms with E-state index in [2.05, 4.69) is 17.1 Å². The minimum atomic E-state index is -0.132. The molecule has 0 aromatic heterocycles. The number of halogens is 1. The average molecular weight is 252 g/mol. The molecule has 100 valence electrons. The Morgan fingerprint density at radius 1 is 1.50 bits per heavy atom. The van der Waals surface area contributed by atoms with E-state index in [1.54, 1.807) is 6.07 Å². The van der Waals surface area contributed by atoms with Crippen LogP contribution in [0.25, 0.3) is 0 Å². The lowest BCUT2D eigenvalue weighted by atomic mass is 10.1. The Labute approximate surface area is 108 Å². The van der Waals surface area contributed by atoms with Crippen molar-refractivity contribution in [3.05, 3.63) is 29.6 Å². The minimum absolute atomic E-state index is 0.132. The molecule has 18 heavy (non-hydrogen) atoms. The lowest BCUT2D eigenvalue weighted by Crippen LogP contribution is -2.44. The summed E-state index contributed by atoms with van der Waals surface area (Å²) in [6.45, 7) is 7.79. The number of anilines is 1. The van der Waals surface area contributed by atoms with Crippen LogP contribution in [0.1, 0.15) is 19.4 Å². The fraction of sp³-hybridized carbons (Fsp3) is 0.571. The van der Waals surface area contributed by atoms with Crippen molar-refractivity contribution in [1.29, 1.82) is 0 Å². The van der Waals surface area contributed by atoms with Crippen LogP contribution in [-0.4, -0.2) is 32.3 Å². The van der Waals surface area contributed by atoms with E-state index >= 15 is 0 Å². The average Bonchev–Trinajstić information content (AvgIpc) is 2.38. The second-order valence-electron chi connectivity index (χ2n) is 4.64. The van der Waals surface area contributed by atoms with Crippen LogP contribution in [0, 0.1) is 5.82 Å². The van der Waals surface area contributed by atoms with Gasteiger partial charge in [0.05, 0.1) is 13.2 Å².